The Bertz CT molecular complexity index is 604. The average molecular weight is 355 g/mol. The van der Waals surface area contributed by atoms with E-state index in [2.05, 4.69) is 13.8 Å². The number of rotatable bonds is 11. The van der Waals surface area contributed by atoms with E-state index in [1.165, 1.54) is 44.6 Å². The number of hydrogen-bond donors (Lipinski definition) is 1. The van der Waals surface area contributed by atoms with Gasteiger partial charge in [-0.3, -0.25) is 4.55 Å². The number of aryl methyl sites for hydroxylation is 1. The van der Waals surface area contributed by atoms with Gasteiger partial charge in [-0.25, -0.2) is 0 Å². The zero-order valence-corrected chi connectivity index (χ0v) is 16.6. The Labute approximate surface area is 148 Å². The van der Waals surface area contributed by atoms with Crippen molar-refractivity contribution in [2.75, 3.05) is 0 Å². The summed E-state index contributed by atoms with van der Waals surface area (Å²) in [6.45, 7) is 8.46. The Morgan fingerprint density at radius 2 is 1.46 bits per heavy atom. The Hall–Kier alpha value is -0.870. The van der Waals surface area contributed by atoms with Gasteiger partial charge in [0.25, 0.3) is 10.1 Å². The fourth-order valence-electron chi connectivity index (χ4n) is 3.14. The summed E-state index contributed by atoms with van der Waals surface area (Å²) >= 11 is 0. The molecule has 0 bridgehead atoms. The predicted octanol–water partition coefficient (Wildman–Crippen LogP) is 5.87. The molecule has 1 rings (SSSR count). The lowest BCUT2D eigenvalue weighted by Crippen LogP contribution is -2.06. The van der Waals surface area contributed by atoms with Gasteiger partial charge in [-0.2, -0.15) is 8.42 Å². The van der Waals surface area contributed by atoms with Gasteiger partial charge < -0.3 is 0 Å². The third-order valence-electron chi connectivity index (χ3n) is 4.81. The minimum Gasteiger partial charge on any atom is -0.282 e. The summed E-state index contributed by atoms with van der Waals surface area (Å²) in [4.78, 5) is 0.0827. The lowest BCUT2D eigenvalue weighted by atomic mass is 9.97. The molecule has 0 aromatic heterocycles. The molecular weight excluding hydrogens is 320 g/mol. The maximum absolute atomic E-state index is 11.6. The Kier molecular flexibility index (Phi) is 8.99. The molecule has 1 N–H and O–H groups in total. The molecule has 0 amide bonds. The SMILES string of the molecule is Cc1ccc(S(=O)(=O)O)c(CCCCCCCCCC(C)C)c1C. The first-order valence-corrected chi connectivity index (χ1v) is 10.7. The molecule has 0 radical (unpaired) electrons. The van der Waals surface area contributed by atoms with Crippen LogP contribution in [0.3, 0.4) is 0 Å². The minimum atomic E-state index is -4.14. The van der Waals surface area contributed by atoms with Crippen LogP contribution in [0.15, 0.2) is 17.0 Å². The van der Waals surface area contributed by atoms with Gasteiger partial charge in [0.15, 0.2) is 0 Å². The monoisotopic (exact) mass is 354 g/mol. The molecule has 1 aromatic carbocycles. The highest BCUT2D eigenvalue weighted by molar-refractivity contribution is 7.85. The smallest absolute Gasteiger partial charge is 0.282 e. The fraction of sp³-hybridized carbons (Fsp3) is 0.700. The molecule has 0 saturated carbocycles. The highest BCUT2D eigenvalue weighted by Crippen LogP contribution is 2.24. The molecule has 0 aliphatic heterocycles. The molecule has 0 saturated heterocycles. The van der Waals surface area contributed by atoms with E-state index < -0.39 is 10.1 Å². The lowest BCUT2D eigenvalue weighted by Gasteiger charge is -2.13. The van der Waals surface area contributed by atoms with Crippen molar-refractivity contribution in [3.63, 3.8) is 0 Å². The van der Waals surface area contributed by atoms with E-state index >= 15 is 0 Å². The summed E-state index contributed by atoms with van der Waals surface area (Å²) in [6, 6.07) is 3.29. The van der Waals surface area contributed by atoms with Crippen LogP contribution >= 0.6 is 0 Å². The second-order valence-electron chi connectivity index (χ2n) is 7.37. The molecule has 1 aromatic rings. The summed E-state index contributed by atoms with van der Waals surface area (Å²) < 4.78 is 32.5. The fourth-order valence-corrected chi connectivity index (χ4v) is 3.95. The zero-order valence-electron chi connectivity index (χ0n) is 15.8. The molecule has 4 heteroatoms. The first kappa shape index (κ1) is 21.2. The summed E-state index contributed by atoms with van der Waals surface area (Å²) in [5, 5.41) is 0. The quantitative estimate of drug-likeness (QED) is 0.399. The second-order valence-corrected chi connectivity index (χ2v) is 8.76. The summed E-state index contributed by atoms with van der Waals surface area (Å²) in [7, 11) is -4.14. The van der Waals surface area contributed by atoms with Crippen molar-refractivity contribution < 1.29 is 13.0 Å². The summed E-state index contributed by atoms with van der Waals surface area (Å²) in [6.07, 6.45) is 10.5. The maximum atomic E-state index is 11.6. The third-order valence-corrected chi connectivity index (χ3v) is 5.75. The van der Waals surface area contributed by atoms with Crippen LogP contribution in [-0.2, 0) is 16.5 Å². The van der Waals surface area contributed by atoms with Crippen molar-refractivity contribution in [1.29, 1.82) is 0 Å². The second kappa shape index (κ2) is 10.2. The van der Waals surface area contributed by atoms with Crippen LogP contribution in [0.5, 0.6) is 0 Å². The maximum Gasteiger partial charge on any atom is 0.294 e. The van der Waals surface area contributed by atoms with Crippen LogP contribution in [0.2, 0.25) is 0 Å². The van der Waals surface area contributed by atoms with Crippen molar-refractivity contribution >= 4 is 10.1 Å². The molecule has 0 atom stereocenters. The number of unbranched alkanes of at least 4 members (excludes halogenated alkanes) is 6. The van der Waals surface area contributed by atoms with E-state index in [0.717, 1.165) is 41.9 Å². The molecule has 138 valence electrons. The van der Waals surface area contributed by atoms with Crippen LogP contribution in [0.25, 0.3) is 0 Å². The van der Waals surface area contributed by atoms with E-state index in [4.69, 9.17) is 0 Å². The highest BCUT2D eigenvalue weighted by Gasteiger charge is 2.17. The molecule has 0 unspecified atom stereocenters. The van der Waals surface area contributed by atoms with E-state index in [-0.39, 0.29) is 4.90 Å². The average Bonchev–Trinajstić information content (AvgIpc) is 2.48. The van der Waals surface area contributed by atoms with Gasteiger partial charge in [-0.1, -0.05) is 64.9 Å². The van der Waals surface area contributed by atoms with Gasteiger partial charge in [0.2, 0.25) is 0 Å². The van der Waals surface area contributed by atoms with Crippen LogP contribution < -0.4 is 0 Å². The normalized spacial score (nSPS) is 12.1. The van der Waals surface area contributed by atoms with Gasteiger partial charge in [-0.05, 0) is 55.4 Å². The standard InChI is InChI=1S/C20H34O3S/c1-16(2)12-10-8-6-5-7-9-11-13-19-18(4)17(3)14-15-20(19)24(21,22)23/h14-16H,5-13H2,1-4H3,(H,21,22,23). The first-order chi connectivity index (χ1) is 11.2. The lowest BCUT2D eigenvalue weighted by molar-refractivity contribution is 0.481. The molecule has 0 aliphatic carbocycles. The van der Waals surface area contributed by atoms with Gasteiger partial charge in [-0.15, -0.1) is 0 Å². The van der Waals surface area contributed by atoms with Crippen molar-refractivity contribution in [3.05, 3.63) is 28.8 Å². The first-order valence-electron chi connectivity index (χ1n) is 9.30. The summed E-state index contributed by atoms with van der Waals surface area (Å²) in [5.41, 5.74) is 2.84. The third kappa shape index (κ3) is 7.35. The van der Waals surface area contributed by atoms with E-state index in [1.54, 1.807) is 6.07 Å². The van der Waals surface area contributed by atoms with E-state index in [1.807, 2.05) is 13.8 Å². The van der Waals surface area contributed by atoms with Crippen LogP contribution in [0.4, 0.5) is 0 Å². The van der Waals surface area contributed by atoms with Gasteiger partial charge in [0.05, 0.1) is 4.90 Å². The van der Waals surface area contributed by atoms with E-state index in [9.17, 15) is 13.0 Å². The van der Waals surface area contributed by atoms with Crippen LogP contribution in [-0.4, -0.2) is 13.0 Å². The van der Waals surface area contributed by atoms with Gasteiger partial charge >= 0.3 is 0 Å². The topological polar surface area (TPSA) is 54.4 Å². The largest absolute Gasteiger partial charge is 0.294 e. The molecule has 0 fully saturated rings. The Morgan fingerprint density at radius 3 is 2.00 bits per heavy atom. The molecule has 24 heavy (non-hydrogen) atoms. The van der Waals surface area contributed by atoms with Crippen molar-refractivity contribution in [2.24, 2.45) is 5.92 Å². The van der Waals surface area contributed by atoms with Gasteiger partial charge in [0.1, 0.15) is 0 Å². The molecule has 3 nitrogen and oxygen atoms in total. The predicted molar refractivity (Wildman–Crippen MR) is 101 cm³/mol. The molecular formula is C20H34O3S. The minimum absolute atomic E-state index is 0.0827. The zero-order chi connectivity index (χ0) is 18.2. The van der Waals surface area contributed by atoms with E-state index in [0.29, 0.717) is 0 Å². The van der Waals surface area contributed by atoms with Crippen molar-refractivity contribution in [2.45, 2.75) is 90.4 Å². The Morgan fingerprint density at radius 1 is 0.917 bits per heavy atom. The molecule has 0 heterocycles. The van der Waals surface area contributed by atoms with Gasteiger partial charge in [0, 0.05) is 0 Å². The van der Waals surface area contributed by atoms with Crippen LogP contribution in [0.1, 0.15) is 81.9 Å². The summed E-state index contributed by atoms with van der Waals surface area (Å²) in [5.74, 6) is 0.805. The Balaban J connectivity index is 2.39. The highest BCUT2D eigenvalue weighted by atomic mass is 32.2. The van der Waals surface area contributed by atoms with Crippen molar-refractivity contribution in [3.8, 4) is 0 Å². The number of benzene rings is 1. The van der Waals surface area contributed by atoms with Crippen molar-refractivity contribution in [1.82, 2.24) is 0 Å². The number of hydrogen-bond acceptors (Lipinski definition) is 2. The molecule has 0 spiro atoms. The van der Waals surface area contributed by atoms with Crippen LogP contribution in [0, 0.1) is 19.8 Å². The molecule has 0 aliphatic rings.